The van der Waals surface area contributed by atoms with Gasteiger partial charge in [-0.15, -0.1) is 24.0 Å². The van der Waals surface area contributed by atoms with Crippen molar-refractivity contribution in [1.82, 2.24) is 15.5 Å². The lowest BCUT2D eigenvalue weighted by Gasteiger charge is -2.38. The molecule has 0 spiro atoms. The number of guanidine groups is 1. The standard InChI is InChI=1S/C19H33N5O.HI/c1-4-20-19(21-10-15-25-3)22-16-17(2)23-11-13-24(14-12-23)18-8-6-5-7-9-18;/h5-9,17H,4,10-16H2,1-3H3,(H2,20,21,22);1H. The maximum atomic E-state index is 5.08. The summed E-state index contributed by atoms with van der Waals surface area (Å²) < 4.78 is 5.08. The van der Waals surface area contributed by atoms with Gasteiger partial charge < -0.3 is 20.3 Å². The highest BCUT2D eigenvalue weighted by Gasteiger charge is 2.21. The molecule has 1 aromatic rings. The molecular weight excluding hydrogens is 441 g/mol. The lowest BCUT2D eigenvalue weighted by Crippen LogP contribution is -2.50. The molecule has 1 unspecified atom stereocenters. The van der Waals surface area contributed by atoms with Gasteiger partial charge in [-0.25, -0.2) is 0 Å². The lowest BCUT2D eigenvalue weighted by molar-refractivity contribution is 0.200. The zero-order valence-electron chi connectivity index (χ0n) is 16.3. The normalized spacial score (nSPS) is 16.7. The van der Waals surface area contributed by atoms with Crippen LogP contribution in [0.2, 0.25) is 0 Å². The van der Waals surface area contributed by atoms with Gasteiger partial charge in [-0.3, -0.25) is 9.89 Å². The Labute approximate surface area is 175 Å². The summed E-state index contributed by atoms with van der Waals surface area (Å²) in [5, 5.41) is 6.58. The van der Waals surface area contributed by atoms with E-state index >= 15 is 0 Å². The van der Waals surface area contributed by atoms with E-state index in [2.05, 4.69) is 64.6 Å². The van der Waals surface area contributed by atoms with Crippen molar-refractivity contribution < 1.29 is 4.74 Å². The predicted molar refractivity (Wildman–Crippen MR) is 121 cm³/mol. The second-order valence-electron chi connectivity index (χ2n) is 6.35. The van der Waals surface area contributed by atoms with Crippen LogP contribution < -0.4 is 15.5 Å². The fourth-order valence-corrected chi connectivity index (χ4v) is 3.01. The van der Waals surface area contributed by atoms with Crippen molar-refractivity contribution in [2.45, 2.75) is 19.9 Å². The van der Waals surface area contributed by atoms with Crippen LogP contribution in [0.25, 0.3) is 0 Å². The molecule has 26 heavy (non-hydrogen) atoms. The minimum atomic E-state index is 0. The van der Waals surface area contributed by atoms with Crippen molar-refractivity contribution in [2.24, 2.45) is 4.99 Å². The lowest BCUT2D eigenvalue weighted by atomic mass is 10.2. The molecule has 7 heteroatoms. The highest BCUT2D eigenvalue weighted by Crippen LogP contribution is 2.16. The third kappa shape index (κ3) is 7.67. The van der Waals surface area contributed by atoms with E-state index in [1.807, 2.05) is 0 Å². The van der Waals surface area contributed by atoms with E-state index in [1.54, 1.807) is 7.11 Å². The number of rotatable bonds is 8. The van der Waals surface area contributed by atoms with Crippen LogP contribution in [0.3, 0.4) is 0 Å². The molecule has 1 atom stereocenters. The molecule has 0 saturated carbocycles. The Morgan fingerprint density at radius 3 is 2.46 bits per heavy atom. The van der Waals surface area contributed by atoms with Crippen LogP contribution in [-0.2, 0) is 4.74 Å². The zero-order chi connectivity index (χ0) is 17.9. The first-order valence-electron chi connectivity index (χ1n) is 9.29. The molecule has 1 heterocycles. The molecule has 6 nitrogen and oxygen atoms in total. The Morgan fingerprint density at radius 2 is 1.85 bits per heavy atom. The van der Waals surface area contributed by atoms with Crippen molar-refractivity contribution in [1.29, 1.82) is 0 Å². The highest BCUT2D eigenvalue weighted by atomic mass is 127. The molecule has 0 radical (unpaired) electrons. The molecular formula is C19H34IN5O. The largest absolute Gasteiger partial charge is 0.383 e. The van der Waals surface area contributed by atoms with E-state index in [0.717, 1.165) is 51.8 Å². The van der Waals surface area contributed by atoms with E-state index in [0.29, 0.717) is 12.6 Å². The molecule has 148 valence electrons. The van der Waals surface area contributed by atoms with Crippen LogP contribution in [-0.4, -0.2) is 76.4 Å². The maximum absolute atomic E-state index is 5.08. The van der Waals surface area contributed by atoms with Gasteiger partial charge in [0, 0.05) is 58.1 Å². The average molecular weight is 475 g/mol. The topological polar surface area (TPSA) is 52.1 Å². The number of anilines is 1. The first-order valence-corrected chi connectivity index (χ1v) is 9.29. The molecule has 0 amide bonds. The summed E-state index contributed by atoms with van der Waals surface area (Å²) in [5.41, 5.74) is 1.32. The summed E-state index contributed by atoms with van der Waals surface area (Å²) in [6, 6.07) is 11.1. The van der Waals surface area contributed by atoms with Gasteiger partial charge in [0.15, 0.2) is 5.96 Å². The maximum Gasteiger partial charge on any atom is 0.191 e. The zero-order valence-corrected chi connectivity index (χ0v) is 18.6. The number of hydrogen-bond donors (Lipinski definition) is 2. The van der Waals surface area contributed by atoms with Crippen LogP contribution >= 0.6 is 24.0 Å². The Balaban J connectivity index is 0.00000338. The first kappa shape index (κ1) is 23.0. The van der Waals surface area contributed by atoms with Gasteiger partial charge in [0.2, 0.25) is 0 Å². The second kappa shape index (κ2) is 13.2. The molecule has 2 rings (SSSR count). The van der Waals surface area contributed by atoms with Gasteiger partial charge in [0.1, 0.15) is 0 Å². The van der Waals surface area contributed by atoms with Crippen molar-refractivity contribution in [2.75, 3.05) is 64.4 Å². The smallest absolute Gasteiger partial charge is 0.191 e. The number of piperazine rings is 1. The number of nitrogens with zero attached hydrogens (tertiary/aromatic N) is 3. The van der Waals surface area contributed by atoms with Crippen LogP contribution in [0.5, 0.6) is 0 Å². The van der Waals surface area contributed by atoms with Crippen molar-refractivity contribution in [3.05, 3.63) is 30.3 Å². The molecule has 0 bridgehead atoms. The van der Waals surface area contributed by atoms with E-state index < -0.39 is 0 Å². The Hall–Kier alpha value is -1.06. The van der Waals surface area contributed by atoms with Crippen LogP contribution in [0, 0.1) is 0 Å². The van der Waals surface area contributed by atoms with E-state index in [4.69, 9.17) is 9.73 Å². The van der Waals surface area contributed by atoms with Crippen LogP contribution in [0.4, 0.5) is 5.69 Å². The Bertz CT molecular complexity index is 506. The molecule has 0 aliphatic carbocycles. The van der Waals surface area contributed by atoms with E-state index in [-0.39, 0.29) is 24.0 Å². The van der Waals surface area contributed by atoms with Gasteiger partial charge >= 0.3 is 0 Å². The Kier molecular flexibility index (Phi) is 11.6. The van der Waals surface area contributed by atoms with Crippen LogP contribution in [0.1, 0.15) is 13.8 Å². The molecule has 1 saturated heterocycles. The highest BCUT2D eigenvalue weighted by molar-refractivity contribution is 14.0. The average Bonchev–Trinajstić information content (AvgIpc) is 2.67. The fourth-order valence-electron chi connectivity index (χ4n) is 3.01. The van der Waals surface area contributed by atoms with Gasteiger partial charge in [-0.05, 0) is 26.0 Å². The summed E-state index contributed by atoms with van der Waals surface area (Å²) in [6.45, 7) is 11.8. The summed E-state index contributed by atoms with van der Waals surface area (Å²) >= 11 is 0. The number of methoxy groups -OCH3 is 1. The SMILES string of the molecule is CCNC(=NCC(C)N1CCN(c2ccccc2)CC1)NCCOC.I. The molecule has 1 aliphatic rings. The fraction of sp³-hybridized carbons (Fsp3) is 0.632. The number of aliphatic imine (C=N–C) groups is 1. The summed E-state index contributed by atoms with van der Waals surface area (Å²) in [7, 11) is 1.71. The van der Waals surface area contributed by atoms with Gasteiger partial charge in [0.05, 0.1) is 13.2 Å². The van der Waals surface area contributed by atoms with Crippen molar-refractivity contribution >= 4 is 35.6 Å². The third-order valence-electron chi connectivity index (χ3n) is 4.52. The Morgan fingerprint density at radius 1 is 1.15 bits per heavy atom. The van der Waals surface area contributed by atoms with Crippen molar-refractivity contribution in [3.63, 3.8) is 0 Å². The molecule has 1 fully saturated rings. The molecule has 1 aromatic carbocycles. The van der Waals surface area contributed by atoms with Crippen LogP contribution in [0.15, 0.2) is 35.3 Å². The second-order valence-corrected chi connectivity index (χ2v) is 6.35. The molecule has 0 aromatic heterocycles. The van der Waals surface area contributed by atoms with E-state index in [9.17, 15) is 0 Å². The minimum absolute atomic E-state index is 0. The number of benzene rings is 1. The predicted octanol–water partition coefficient (Wildman–Crippen LogP) is 2.02. The van der Waals surface area contributed by atoms with Gasteiger partial charge in [-0.2, -0.15) is 0 Å². The summed E-state index contributed by atoms with van der Waals surface area (Å²) in [6.07, 6.45) is 0. The molecule has 2 N–H and O–H groups in total. The van der Waals surface area contributed by atoms with Gasteiger partial charge in [0.25, 0.3) is 0 Å². The van der Waals surface area contributed by atoms with E-state index in [1.165, 1.54) is 5.69 Å². The quantitative estimate of drug-likeness (QED) is 0.261. The number of para-hydroxylation sites is 1. The molecule has 1 aliphatic heterocycles. The summed E-state index contributed by atoms with van der Waals surface area (Å²) in [5.74, 6) is 0.870. The number of ether oxygens (including phenoxy) is 1. The van der Waals surface area contributed by atoms with Gasteiger partial charge in [-0.1, -0.05) is 18.2 Å². The van der Waals surface area contributed by atoms with Crippen molar-refractivity contribution in [3.8, 4) is 0 Å². The third-order valence-corrected chi connectivity index (χ3v) is 4.52. The number of halogens is 1. The first-order chi connectivity index (χ1) is 12.2. The monoisotopic (exact) mass is 475 g/mol. The minimum Gasteiger partial charge on any atom is -0.383 e. The number of nitrogens with one attached hydrogen (secondary N) is 2. The summed E-state index contributed by atoms with van der Waals surface area (Å²) in [4.78, 5) is 9.71. The number of hydrogen-bond acceptors (Lipinski definition) is 4.